The second-order valence-electron chi connectivity index (χ2n) is 4.64. The van der Waals surface area contributed by atoms with Crippen LogP contribution in [0.4, 0.5) is 0 Å². The number of halogens is 1. The van der Waals surface area contributed by atoms with Gasteiger partial charge < -0.3 is 0 Å². The molecule has 0 aliphatic carbocycles. The lowest BCUT2D eigenvalue weighted by Crippen LogP contribution is -1.98. The Balaban J connectivity index is 2.49. The van der Waals surface area contributed by atoms with E-state index in [1.807, 2.05) is 36.4 Å². The lowest BCUT2D eigenvalue weighted by Gasteiger charge is -2.10. The van der Waals surface area contributed by atoms with Crippen molar-refractivity contribution in [2.75, 3.05) is 0 Å². The first-order valence-electron chi connectivity index (χ1n) is 6.30. The van der Waals surface area contributed by atoms with E-state index in [1.165, 1.54) is 6.92 Å². The maximum absolute atomic E-state index is 12.0. The predicted octanol–water partition coefficient (Wildman–Crippen LogP) is 3.96. The molecule has 0 atom stereocenters. The number of rotatable bonds is 2. The second-order valence-corrected chi connectivity index (χ2v) is 5.04. The number of aromatic nitrogens is 2. The summed E-state index contributed by atoms with van der Waals surface area (Å²) in [5, 5.41) is 16.8. The standard InChI is InChI=1S/C16H10ClN3O/c1-9(21)11-7-12(17)15-13(8-18)19-20-16(15)14(11)10-5-3-2-4-6-10/h2-7H,1H3,(H,19,20). The molecule has 0 saturated carbocycles. The fraction of sp³-hybridized carbons (Fsp3) is 0.0625. The lowest BCUT2D eigenvalue weighted by atomic mass is 9.94. The molecule has 0 saturated heterocycles. The zero-order valence-corrected chi connectivity index (χ0v) is 11.9. The van der Waals surface area contributed by atoms with Crippen LogP contribution in [0.5, 0.6) is 0 Å². The average Bonchev–Trinajstić information content (AvgIpc) is 2.92. The summed E-state index contributed by atoms with van der Waals surface area (Å²) in [7, 11) is 0. The van der Waals surface area contributed by atoms with Crippen LogP contribution in [-0.4, -0.2) is 16.0 Å². The summed E-state index contributed by atoms with van der Waals surface area (Å²) in [6.07, 6.45) is 0. The smallest absolute Gasteiger partial charge is 0.171 e. The Morgan fingerprint density at radius 1 is 1.33 bits per heavy atom. The molecule has 1 aromatic heterocycles. The summed E-state index contributed by atoms with van der Waals surface area (Å²) >= 11 is 6.23. The van der Waals surface area contributed by atoms with Crippen molar-refractivity contribution in [3.05, 3.63) is 52.7 Å². The zero-order valence-electron chi connectivity index (χ0n) is 11.1. The molecule has 0 unspecified atom stereocenters. The van der Waals surface area contributed by atoms with Crippen molar-refractivity contribution in [3.63, 3.8) is 0 Å². The highest BCUT2D eigenvalue weighted by molar-refractivity contribution is 6.37. The van der Waals surface area contributed by atoms with Gasteiger partial charge in [0.25, 0.3) is 0 Å². The van der Waals surface area contributed by atoms with Crippen LogP contribution in [0.15, 0.2) is 36.4 Å². The number of H-pyrrole nitrogens is 1. The Morgan fingerprint density at radius 2 is 2.05 bits per heavy atom. The van der Waals surface area contributed by atoms with Gasteiger partial charge in [0.2, 0.25) is 0 Å². The molecule has 0 fully saturated rings. The Kier molecular flexibility index (Phi) is 3.20. The summed E-state index contributed by atoms with van der Waals surface area (Å²) < 4.78 is 0. The Bertz CT molecular complexity index is 891. The molecule has 1 heterocycles. The van der Waals surface area contributed by atoms with Crippen LogP contribution in [0.1, 0.15) is 23.0 Å². The molecule has 0 spiro atoms. The van der Waals surface area contributed by atoms with Gasteiger partial charge in [-0.05, 0) is 18.6 Å². The minimum atomic E-state index is -0.0919. The molecule has 0 aliphatic rings. The van der Waals surface area contributed by atoms with Crippen molar-refractivity contribution in [1.29, 1.82) is 5.26 Å². The molecule has 2 aromatic carbocycles. The number of hydrogen-bond acceptors (Lipinski definition) is 3. The molecule has 102 valence electrons. The fourth-order valence-electron chi connectivity index (χ4n) is 2.42. The van der Waals surface area contributed by atoms with E-state index in [-0.39, 0.29) is 11.5 Å². The number of hydrogen-bond donors (Lipinski definition) is 1. The van der Waals surface area contributed by atoms with Gasteiger partial charge in [0.05, 0.1) is 15.9 Å². The van der Waals surface area contributed by atoms with Crippen LogP contribution in [0.3, 0.4) is 0 Å². The highest BCUT2D eigenvalue weighted by Gasteiger charge is 2.20. The first-order valence-corrected chi connectivity index (χ1v) is 6.68. The van der Waals surface area contributed by atoms with Crippen molar-refractivity contribution in [2.24, 2.45) is 0 Å². The van der Waals surface area contributed by atoms with Gasteiger partial charge in [-0.15, -0.1) is 0 Å². The van der Waals surface area contributed by atoms with Gasteiger partial charge in [0.1, 0.15) is 6.07 Å². The van der Waals surface area contributed by atoms with E-state index in [2.05, 4.69) is 10.2 Å². The van der Waals surface area contributed by atoms with E-state index in [0.29, 0.717) is 21.5 Å². The van der Waals surface area contributed by atoms with Crippen molar-refractivity contribution in [2.45, 2.75) is 6.92 Å². The summed E-state index contributed by atoms with van der Waals surface area (Å²) in [6, 6.07) is 13.1. The van der Waals surface area contributed by atoms with E-state index >= 15 is 0 Å². The molecule has 5 heteroatoms. The van der Waals surface area contributed by atoms with Crippen LogP contribution >= 0.6 is 11.6 Å². The number of aromatic amines is 1. The highest BCUT2D eigenvalue weighted by atomic mass is 35.5. The summed E-state index contributed by atoms with van der Waals surface area (Å²) in [5.74, 6) is -0.0919. The molecule has 0 amide bonds. The minimum Gasteiger partial charge on any atom is -0.294 e. The highest BCUT2D eigenvalue weighted by Crippen LogP contribution is 2.36. The van der Waals surface area contributed by atoms with E-state index in [1.54, 1.807) is 6.07 Å². The normalized spacial score (nSPS) is 10.5. The third kappa shape index (κ3) is 2.08. The minimum absolute atomic E-state index is 0.0919. The lowest BCUT2D eigenvalue weighted by molar-refractivity contribution is 0.101. The van der Waals surface area contributed by atoms with Gasteiger partial charge in [-0.3, -0.25) is 9.89 Å². The van der Waals surface area contributed by atoms with Gasteiger partial charge in [0, 0.05) is 11.1 Å². The van der Waals surface area contributed by atoms with Gasteiger partial charge in [-0.2, -0.15) is 10.4 Å². The van der Waals surface area contributed by atoms with Gasteiger partial charge in [-0.25, -0.2) is 0 Å². The molecule has 0 bridgehead atoms. The number of benzene rings is 2. The number of carbonyl (C=O) groups is 1. The largest absolute Gasteiger partial charge is 0.294 e. The maximum atomic E-state index is 12.0. The van der Waals surface area contributed by atoms with E-state index in [9.17, 15) is 4.79 Å². The quantitative estimate of drug-likeness (QED) is 0.728. The molecule has 0 aliphatic heterocycles. The first-order chi connectivity index (χ1) is 10.1. The summed E-state index contributed by atoms with van der Waals surface area (Å²) in [6.45, 7) is 1.49. The van der Waals surface area contributed by atoms with Crippen LogP contribution in [0, 0.1) is 11.3 Å². The van der Waals surface area contributed by atoms with Crippen molar-refractivity contribution >= 4 is 28.3 Å². The molecule has 21 heavy (non-hydrogen) atoms. The van der Waals surface area contributed by atoms with Crippen molar-refractivity contribution < 1.29 is 4.79 Å². The molecule has 0 radical (unpaired) electrons. The number of fused-ring (bicyclic) bond motifs is 1. The third-order valence-corrected chi connectivity index (χ3v) is 3.64. The second kappa shape index (κ2) is 5.04. The van der Waals surface area contributed by atoms with E-state index in [0.717, 1.165) is 11.1 Å². The number of Topliss-reactive ketones (excluding diaryl/α,β-unsaturated/α-hetero) is 1. The summed E-state index contributed by atoms with van der Waals surface area (Å²) in [5.41, 5.74) is 2.93. The number of ketones is 1. The summed E-state index contributed by atoms with van der Waals surface area (Å²) in [4.78, 5) is 12.0. The number of nitrogens with one attached hydrogen (secondary N) is 1. The SMILES string of the molecule is CC(=O)c1cc(Cl)c2c(C#N)n[nH]c2c1-c1ccccc1. The fourth-order valence-corrected chi connectivity index (χ4v) is 2.72. The molecule has 4 nitrogen and oxygen atoms in total. The van der Waals surface area contributed by atoms with Crippen molar-refractivity contribution in [3.8, 4) is 17.2 Å². The van der Waals surface area contributed by atoms with Crippen LogP contribution < -0.4 is 0 Å². The topological polar surface area (TPSA) is 69.5 Å². The number of carbonyl (C=O) groups excluding carboxylic acids is 1. The maximum Gasteiger partial charge on any atom is 0.171 e. The van der Waals surface area contributed by atoms with Crippen LogP contribution in [0.25, 0.3) is 22.0 Å². The average molecular weight is 296 g/mol. The number of nitriles is 1. The van der Waals surface area contributed by atoms with Crippen molar-refractivity contribution in [1.82, 2.24) is 10.2 Å². The van der Waals surface area contributed by atoms with Gasteiger partial charge >= 0.3 is 0 Å². The molecule has 1 N–H and O–H groups in total. The third-order valence-electron chi connectivity index (χ3n) is 3.34. The monoisotopic (exact) mass is 295 g/mol. The molecule has 3 aromatic rings. The Hall–Kier alpha value is -2.64. The molecule has 3 rings (SSSR count). The first kappa shape index (κ1) is 13.3. The van der Waals surface area contributed by atoms with Crippen LogP contribution in [0.2, 0.25) is 5.02 Å². The zero-order chi connectivity index (χ0) is 15.0. The Morgan fingerprint density at radius 3 is 2.67 bits per heavy atom. The Labute approximate surface area is 126 Å². The molecular formula is C16H10ClN3O. The predicted molar refractivity (Wildman–Crippen MR) is 81.3 cm³/mol. The van der Waals surface area contributed by atoms with E-state index < -0.39 is 0 Å². The van der Waals surface area contributed by atoms with Crippen LogP contribution in [-0.2, 0) is 0 Å². The van der Waals surface area contributed by atoms with Gasteiger partial charge in [-0.1, -0.05) is 41.9 Å². The van der Waals surface area contributed by atoms with Gasteiger partial charge in [0.15, 0.2) is 11.5 Å². The molecular weight excluding hydrogens is 286 g/mol. The van der Waals surface area contributed by atoms with E-state index in [4.69, 9.17) is 16.9 Å². The number of nitrogens with zero attached hydrogens (tertiary/aromatic N) is 2.